The number of aliphatic hydroxyl groups is 1. The molecule has 2 N–H and O–H groups in total. The molecule has 0 bridgehead atoms. The highest BCUT2D eigenvalue weighted by atomic mass is 16.3. The maximum absolute atomic E-state index is 11.9. The SMILES string of the molecule is O=C(NCc1ccccc1)[C@@H]1CC=C[C@@H](O)C1. The van der Waals surface area contributed by atoms with Gasteiger partial charge in [-0.3, -0.25) is 4.79 Å². The average molecular weight is 231 g/mol. The van der Waals surface area contributed by atoms with Gasteiger partial charge >= 0.3 is 0 Å². The normalized spacial score (nSPS) is 23.4. The Morgan fingerprint density at radius 1 is 1.35 bits per heavy atom. The molecule has 1 aliphatic carbocycles. The fraction of sp³-hybridized carbons (Fsp3) is 0.357. The number of amides is 1. The van der Waals surface area contributed by atoms with Crippen molar-refractivity contribution < 1.29 is 9.90 Å². The van der Waals surface area contributed by atoms with Gasteiger partial charge in [-0.05, 0) is 18.4 Å². The van der Waals surface area contributed by atoms with Crippen LogP contribution >= 0.6 is 0 Å². The van der Waals surface area contributed by atoms with Gasteiger partial charge in [0.25, 0.3) is 0 Å². The van der Waals surface area contributed by atoms with Crippen LogP contribution in [0.1, 0.15) is 18.4 Å². The van der Waals surface area contributed by atoms with Gasteiger partial charge in [-0.1, -0.05) is 42.5 Å². The molecule has 3 nitrogen and oxygen atoms in total. The van der Waals surface area contributed by atoms with Crippen LogP contribution in [0.15, 0.2) is 42.5 Å². The van der Waals surface area contributed by atoms with E-state index in [0.717, 1.165) is 12.0 Å². The molecule has 1 aromatic rings. The Morgan fingerprint density at radius 3 is 2.82 bits per heavy atom. The molecule has 1 aromatic carbocycles. The molecule has 0 aromatic heterocycles. The van der Waals surface area contributed by atoms with Crippen molar-refractivity contribution in [3.05, 3.63) is 48.0 Å². The van der Waals surface area contributed by atoms with Gasteiger partial charge in [0, 0.05) is 12.5 Å². The quantitative estimate of drug-likeness (QED) is 0.777. The van der Waals surface area contributed by atoms with Crippen molar-refractivity contribution in [3.8, 4) is 0 Å². The monoisotopic (exact) mass is 231 g/mol. The lowest BCUT2D eigenvalue weighted by Crippen LogP contribution is -2.33. The summed E-state index contributed by atoms with van der Waals surface area (Å²) in [6.45, 7) is 0.552. The fourth-order valence-corrected chi connectivity index (χ4v) is 2.01. The maximum atomic E-state index is 11.9. The lowest BCUT2D eigenvalue weighted by atomic mass is 9.92. The third kappa shape index (κ3) is 3.43. The third-order valence-corrected chi connectivity index (χ3v) is 2.99. The van der Waals surface area contributed by atoms with E-state index in [1.54, 1.807) is 6.08 Å². The lowest BCUT2D eigenvalue weighted by molar-refractivity contribution is -0.126. The minimum absolute atomic E-state index is 0.0252. The summed E-state index contributed by atoms with van der Waals surface area (Å²) in [7, 11) is 0. The Labute approximate surface area is 101 Å². The molecule has 0 fully saturated rings. The first-order valence-electron chi connectivity index (χ1n) is 5.92. The summed E-state index contributed by atoms with van der Waals surface area (Å²) in [5.41, 5.74) is 1.09. The van der Waals surface area contributed by atoms with Crippen molar-refractivity contribution in [3.63, 3.8) is 0 Å². The van der Waals surface area contributed by atoms with Crippen molar-refractivity contribution in [1.29, 1.82) is 0 Å². The van der Waals surface area contributed by atoms with Crippen molar-refractivity contribution in [2.75, 3.05) is 0 Å². The molecule has 0 unspecified atom stereocenters. The molecule has 0 saturated heterocycles. The number of hydrogen-bond acceptors (Lipinski definition) is 2. The van der Waals surface area contributed by atoms with Gasteiger partial charge in [0.1, 0.15) is 0 Å². The second kappa shape index (κ2) is 5.64. The molecule has 0 radical (unpaired) electrons. The summed E-state index contributed by atoms with van der Waals surface area (Å²) in [6, 6.07) is 9.82. The molecule has 90 valence electrons. The third-order valence-electron chi connectivity index (χ3n) is 2.99. The smallest absolute Gasteiger partial charge is 0.223 e. The second-order valence-electron chi connectivity index (χ2n) is 4.37. The molecule has 1 amide bonds. The summed E-state index contributed by atoms with van der Waals surface area (Å²) in [6.07, 6.45) is 4.40. The zero-order chi connectivity index (χ0) is 12.1. The molecule has 0 aliphatic heterocycles. The largest absolute Gasteiger partial charge is 0.389 e. The highest BCUT2D eigenvalue weighted by Gasteiger charge is 2.22. The molecule has 0 heterocycles. The first-order chi connectivity index (χ1) is 8.25. The van der Waals surface area contributed by atoms with Crippen LogP contribution in [0, 0.1) is 5.92 Å². The van der Waals surface area contributed by atoms with Crippen LogP contribution in [0.5, 0.6) is 0 Å². The minimum Gasteiger partial charge on any atom is -0.389 e. The van der Waals surface area contributed by atoms with E-state index in [9.17, 15) is 9.90 Å². The summed E-state index contributed by atoms with van der Waals surface area (Å²) in [4.78, 5) is 11.9. The van der Waals surface area contributed by atoms with Crippen LogP contribution in [0.25, 0.3) is 0 Å². The van der Waals surface area contributed by atoms with Gasteiger partial charge in [0.2, 0.25) is 5.91 Å². The fourth-order valence-electron chi connectivity index (χ4n) is 2.01. The van der Waals surface area contributed by atoms with Crippen LogP contribution < -0.4 is 5.32 Å². The lowest BCUT2D eigenvalue weighted by Gasteiger charge is -2.20. The van der Waals surface area contributed by atoms with Gasteiger partial charge in [0.15, 0.2) is 0 Å². The second-order valence-corrected chi connectivity index (χ2v) is 4.37. The molecule has 1 aliphatic rings. The topological polar surface area (TPSA) is 49.3 Å². The summed E-state index contributed by atoms with van der Waals surface area (Å²) >= 11 is 0. The van der Waals surface area contributed by atoms with Gasteiger partial charge < -0.3 is 10.4 Å². The first-order valence-corrected chi connectivity index (χ1v) is 5.92. The van der Waals surface area contributed by atoms with Crippen molar-refractivity contribution in [1.82, 2.24) is 5.32 Å². The van der Waals surface area contributed by atoms with Gasteiger partial charge in [-0.25, -0.2) is 0 Å². The average Bonchev–Trinajstić information content (AvgIpc) is 2.37. The number of hydrogen-bond donors (Lipinski definition) is 2. The van der Waals surface area contributed by atoms with Crippen LogP contribution in [0.3, 0.4) is 0 Å². The van der Waals surface area contributed by atoms with Crippen LogP contribution in [0.4, 0.5) is 0 Å². The summed E-state index contributed by atoms with van der Waals surface area (Å²) < 4.78 is 0. The Balaban J connectivity index is 1.84. The molecule has 0 saturated carbocycles. The van der Waals surface area contributed by atoms with Gasteiger partial charge in [-0.15, -0.1) is 0 Å². The van der Waals surface area contributed by atoms with Crippen LogP contribution in [-0.4, -0.2) is 17.1 Å². The van der Waals surface area contributed by atoms with Crippen molar-refractivity contribution in [2.45, 2.75) is 25.5 Å². The van der Waals surface area contributed by atoms with E-state index >= 15 is 0 Å². The Bertz CT molecular complexity index is 400. The molecule has 17 heavy (non-hydrogen) atoms. The Morgan fingerprint density at radius 2 is 2.12 bits per heavy atom. The number of carbonyl (C=O) groups is 1. The predicted octanol–water partition coefficient (Wildman–Crippen LogP) is 1.63. The van der Waals surface area contributed by atoms with Gasteiger partial charge in [0.05, 0.1) is 6.10 Å². The van der Waals surface area contributed by atoms with Crippen molar-refractivity contribution >= 4 is 5.91 Å². The standard InChI is InChI=1S/C14H17NO2/c16-13-8-4-7-12(9-13)14(17)15-10-11-5-2-1-3-6-11/h1-6,8,12-13,16H,7,9-10H2,(H,15,17)/t12-,13-/m1/s1. The van der Waals surface area contributed by atoms with E-state index < -0.39 is 6.10 Å². The van der Waals surface area contributed by atoms with E-state index in [2.05, 4.69) is 5.32 Å². The number of rotatable bonds is 3. The molecule has 2 atom stereocenters. The van der Waals surface area contributed by atoms with E-state index in [-0.39, 0.29) is 11.8 Å². The zero-order valence-electron chi connectivity index (χ0n) is 9.67. The minimum atomic E-state index is -0.476. The number of nitrogens with one attached hydrogen (secondary N) is 1. The number of aliphatic hydroxyl groups excluding tert-OH is 1. The van der Waals surface area contributed by atoms with E-state index in [1.807, 2.05) is 36.4 Å². The van der Waals surface area contributed by atoms with Crippen molar-refractivity contribution in [2.24, 2.45) is 5.92 Å². The van der Waals surface area contributed by atoms with Gasteiger partial charge in [-0.2, -0.15) is 0 Å². The summed E-state index contributed by atoms with van der Waals surface area (Å²) in [5.74, 6) is -0.0732. The van der Waals surface area contributed by atoms with Crippen LogP contribution in [-0.2, 0) is 11.3 Å². The predicted molar refractivity (Wildman–Crippen MR) is 66.2 cm³/mol. The van der Waals surface area contributed by atoms with E-state index in [1.165, 1.54) is 0 Å². The van der Waals surface area contributed by atoms with E-state index in [0.29, 0.717) is 13.0 Å². The number of allylic oxidation sites excluding steroid dienone is 1. The zero-order valence-corrected chi connectivity index (χ0v) is 9.67. The van der Waals surface area contributed by atoms with E-state index in [4.69, 9.17) is 0 Å². The molecular weight excluding hydrogens is 214 g/mol. The number of benzene rings is 1. The Kier molecular flexibility index (Phi) is 3.94. The molecule has 2 rings (SSSR count). The number of carbonyl (C=O) groups excluding carboxylic acids is 1. The molecule has 3 heteroatoms. The highest BCUT2D eigenvalue weighted by molar-refractivity contribution is 5.79. The molecular formula is C14H17NO2. The highest BCUT2D eigenvalue weighted by Crippen LogP contribution is 2.18. The van der Waals surface area contributed by atoms with Crippen LogP contribution in [0.2, 0.25) is 0 Å². The maximum Gasteiger partial charge on any atom is 0.223 e. The first kappa shape index (κ1) is 11.9. The molecule has 0 spiro atoms. The Hall–Kier alpha value is -1.61. The summed E-state index contributed by atoms with van der Waals surface area (Å²) in [5, 5.41) is 12.4.